The number of aldehydes is 1. The summed E-state index contributed by atoms with van der Waals surface area (Å²) in [6, 6.07) is 4.22. The molecule has 2 aliphatic carbocycles. The summed E-state index contributed by atoms with van der Waals surface area (Å²) >= 11 is 0. The third kappa shape index (κ3) is 2.11. The van der Waals surface area contributed by atoms with Gasteiger partial charge in [0, 0.05) is 5.41 Å². The fraction of sp³-hybridized carbons (Fsp3) is 0.650. The predicted molar refractivity (Wildman–Crippen MR) is 89.4 cm³/mol. The van der Waals surface area contributed by atoms with Crippen LogP contribution >= 0.6 is 0 Å². The predicted octanol–water partition coefficient (Wildman–Crippen LogP) is 4.72. The minimum Gasteiger partial charge on any atom is -0.508 e. The maximum absolute atomic E-state index is 11.8. The van der Waals surface area contributed by atoms with Gasteiger partial charge in [0.15, 0.2) is 0 Å². The van der Waals surface area contributed by atoms with Crippen molar-refractivity contribution in [2.75, 3.05) is 0 Å². The molecule has 1 aromatic rings. The van der Waals surface area contributed by atoms with Gasteiger partial charge < -0.3 is 9.90 Å². The fourth-order valence-electron chi connectivity index (χ4n) is 5.18. The molecule has 2 heteroatoms. The summed E-state index contributed by atoms with van der Waals surface area (Å²) in [4.78, 5) is 11.8. The Kier molecular flexibility index (Phi) is 3.62. The lowest BCUT2D eigenvalue weighted by atomic mass is 9.50. The number of phenolic OH excluding ortho intramolecular Hbond substituents is 1. The van der Waals surface area contributed by atoms with Crippen molar-refractivity contribution >= 4 is 6.29 Å². The van der Waals surface area contributed by atoms with Gasteiger partial charge in [0.2, 0.25) is 0 Å². The zero-order chi connectivity index (χ0) is 16.1. The van der Waals surface area contributed by atoms with Crippen molar-refractivity contribution in [3.8, 4) is 5.75 Å². The Hall–Kier alpha value is -1.31. The molecule has 22 heavy (non-hydrogen) atoms. The lowest BCUT2D eigenvalue weighted by Crippen LogP contribution is -2.49. The molecule has 0 amide bonds. The molecule has 1 fully saturated rings. The second-order valence-corrected chi connectivity index (χ2v) is 8.21. The number of aryl methyl sites for hydroxylation is 1. The van der Waals surface area contributed by atoms with Crippen LogP contribution in [0.4, 0.5) is 0 Å². The Morgan fingerprint density at radius 3 is 2.64 bits per heavy atom. The van der Waals surface area contributed by atoms with Crippen LogP contribution in [0.25, 0.3) is 0 Å². The molecule has 0 heterocycles. The molecule has 1 N–H and O–H groups in total. The number of phenols is 1. The standard InChI is InChI=1S/C20H28O2/c1-13(2)15-10-14-6-7-18-19(3,12-21)8-5-9-20(18,4)16(14)11-17(15)22/h10-13,18,22H,5-9H2,1-4H3/t18?,19-,20-/m0/s1. The Morgan fingerprint density at radius 1 is 1.27 bits per heavy atom. The van der Waals surface area contributed by atoms with Crippen molar-refractivity contribution in [1.82, 2.24) is 0 Å². The van der Waals surface area contributed by atoms with E-state index >= 15 is 0 Å². The highest BCUT2D eigenvalue weighted by Gasteiger charge is 2.51. The number of benzene rings is 1. The van der Waals surface area contributed by atoms with Gasteiger partial charge in [-0.05, 0) is 65.7 Å². The van der Waals surface area contributed by atoms with Gasteiger partial charge in [-0.25, -0.2) is 0 Å². The SMILES string of the molecule is CC(C)c1cc2c(cc1O)[C@]1(C)CCC[C@@](C)(C=O)C1CC2. The third-order valence-electron chi connectivity index (χ3n) is 6.44. The smallest absolute Gasteiger partial charge is 0.126 e. The molecular weight excluding hydrogens is 272 g/mol. The summed E-state index contributed by atoms with van der Waals surface area (Å²) in [6.07, 6.45) is 6.52. The van der Waals surface area contributed by atoms with Crippen LogP contribution in [-0.2, 0) is 16.6 Å². The highest BCUT2D eigenvalue weighted by molar-refractivity contribution is 5.61. The zero-order valence-electron chi connectivity index (χ0n) is 14.3. The minimum absolute atomic E-state index is 0.0223. The Morgan fingerprint density at radius 2 is 2.00 bits per heavy atom. The largest absolute Gasteiger partial charge is 0.508 e. The van der Waals surface area contributed by atoms with Crippen molar-refractivity contribution in [2.24, 2.45) is 11.3 Å². The molecule has 0 aromatic heterocycles. The molecule has 120 valence electrons. The molecule has 3 atom stereocenters. The summed E-state index contributed by atoms with van der Waals surface area (Å²) in [6.45, 7) is 8.69. The van der Waals surface area contributed by atoms with E-state index in [-0.39, 0.29) is 10.8 Å². The number of fused-ring (bicyclic) bond motifs is 3. The molecule has 0 aliphatic heterocycles. The number of carbonyl (C=O) groups is 1. The van der Waals surface area contributed by atoms with Gasteiger partial charge in [0.25, 0.3) is 0 Å². The van der Waals surface area contributed by atoms with Crippen LogP contribution in [0.2, 0.25) is 0 Å². The molecule has 2 aliphatic rings. The minimum atomic E-state index is -0.211. The third-order valence-corrected chi connectivity index (χ3v) is 6.44. The molecule has 1 aromatic carbocycles. The van der Waals surface area contributed by atoms with E-state index in [9.17, 15) is 9.90 Å². The van der Waals surface area contributed by atoms with Gasteiger partial charge in [0.05, 0.1) is 0 Å². The van der Waals surface area contributed by atoms with Gasteiger partial charge in [-0.2, -0.15) is 0 Å². The highest BCUT2D eigenvalue weighted by atomic mass is 16.3. The normalized spacial score (nSPS) is 34.1. The summed E-state index contributed by atoms with van der Waals surface area (Å²) in [5, 5.41) is 10.5. The molecule has 3 rings (SSSR count). The molecule has 0 spiro atoms. The van der Waals surface area contributed by atoms with E-state index < -0.39 is 0 Å². The average molecular weight is 300 g/mol. The van der Waals surface area contributed by atoms with Crippen molar-refractivity contribution in [3.05, 3.63) is 28.8 Å². The first kappa shape index (κ1) is 15.6. The van der Waals surface area contributed by atoms with Crippen LogP contribution in [0.15, 0.2) is 12.1 Å². The Balaban J connectivity index is 2.13. The summed E-state index contributed by atoms with van der Waals surface area (Å²) < 4.78 is 0. The molecular formula is C20H28O2. The first-order valence-corrected chi connectivity index (χ1v) is 8.64. The lowest BCUT2D eigenvalue weighted by molar-refractivity contribution is -0.123. The quantitative estimate of drug-likeness (QED) is 0.802. The fourth-order valence-corrected chi connectivity index (χ4v) is 5.18. The summed E-state index contributed by atoms with van der Waals surface area (Å²) in [7, 11) is 0. The molecule has 0 bridgehead atoms. The number of carbonyl (C=O) groups excluding carboxylic acids is 1. The lowest BCUT2D eigenvalue weighted by Gasteiger charge is -2.53. The van der Waals surface area contributed by atoms with Crippen LogP contribution in [0.1, 0.15) is 76.0 Å². The van der Waals surface area contributed by atoms with E-state index in [1.807, 2.05) is 6.07 Å². The van der Waals surface area contributed by atoms with E-state index in [0.717, 1.165) is 37.7 Å². The number of aromatic hydroxyl groups is 1. The number of hydrogen-bond acceptors (Lipinski definition) is 2. The number of rotatable bonds is 2. The van der Waals surface area contributed by atoms with Crippen molar-refractivity contribution < 1.29 is 9.90 Å². The highest BCUT2D eigenvalue weighted by Crippen LogP contribution is 2.57. The van der Waals surface area contributed by atoms with E-state index in [1.165, 1.54) is 17.4 Å². The van der Waals surface area contributed by atoms with E-state index in [0.29, 0.717) is 17.6 Å². The van der Waals surface area contributed by atoms with Crippen molar-refractivity contribution in [1.29, 1.82) is 0 Å². The van der Waals surface area contributed by atoms with Crippen LogP contribution in [0.5, 0.6) is 5.75 Å². The second-order valence-electron chi connectivity index (χ2n) is 8.21. The average Bonchev–Trinajstić information content (AvgIpc) is 2.47. The van der Waals surface area contributed by atoms with Crippen LogP contribution in [0, 0.1) is 11.3 Å². The van der Waals surface area contributed by atoms with E-state index in [2.05, 4.69) is 33.8 Å². The maximum atomic E-state index is 11.8. The molecule has 1 unspecified atom stereocenters. The zero-order valence-corrected chi connectivity index (χ0v) is 14.3. The maximum Gasteiger partial charge on any atom is 0.126 e. The summed E-state index contributed by atoms with van der Waals surface area (Å²) in [5.74, 6) is 1.15. The van der Waals surface area contributed by atoms with Gasteiger partial charge in [-0.15, -0.1) is 0 Å². The van der Waals surface area contributed by atoms with Crippen molar-refractivity contribution in [2.45, 2.75) is 71.1 Å². The monoisotopic (exact) mass is 300 g/mol. The molecule has 0 saturated heterocycles. The van der Waals surface area contributed by atoms with E-state index in [1.54, 1.807) is 0 Å². The second kappa shape index (κ2) is 5.11. The molecule has 2 nitrogen and oxygen atoms in total. The van der Waals surface area contributed by atoms with Crippen LogP contribution in [0.3, 0.4) is 0 Å². The van der Waals surface area contributed by atoms with Gasteiger partial charge >= 0.3 is 0 Å². The van der Waals surface area contributed by atoms with Gasteiger partial charge in [0.1, 0.15) is 12.0 Å². The Bertz CT molecular complexity index is 604. The molecule has 1 saturated carbocycles. The van der Waals surface area contributed by atoms with Crippen molar-refractivity contribution in [3.63, 3.8) is 0 Å². The van der Waals surface area contributed by atoms with Crippen LogP contribution in [-0.4, -0.2) is 11.4 Å². The first-order chi connectivity index (χ1) is 10.3. The number of hydrogen-bond donors (Lipinski definition) is 1. The molecule has 0 radical (unpaired) electrons. The van der Waals surface area contributed by atoms with E-state index in [4.69, 9.17) is 0 Å². The Labute approximate surface area is 133 Å². The van der Waals surface area contributed by atoms with Crippen LogP contribution < -0.4 is 0 Å². The van der Waals surface area contributed by atoms with Gasteiger partial charge in [-0.3, -0.25) is 0 Å². The summed E-state index contributed by atoms with van der Waals surface area (Å²) in [5.41, 5.74) is 3.54. The topological polar surface area (TPSA) is 37.3 Å². The first-order valence-electron chi connectivity index (χ1n) is 8.64. The van der Waals surface area contributed by atoms with Gasteiger partial charge in [-0.1, -0.05) is 40.2 Å².